The van der Waals surface area contributed by atoms with Crippen LogP contribution in [0, 0.1) is 6.92 Å². The van der Waals surface area contributed by atoms with Gasteiger partial charge >= 0.3 is 0 Å². The lowest BCUT2D eigenvalue weighted by Gasteiger charge is -2.20. The zero-order chi connectivity index (χ0) is 15.5. The van der Waals surface area contributed by atoms with E-state index in [1.807, 2.05) is 11.8 Å². The van der Waals surface area contributed by atoms with Crippen LogP contribution < -0.4 is 10.6 Å². The minimum absolute atomic E-state index is 0.00116. The van der Waals surface area contributed by atoms with E-state index in [9.17, 15) is 4.79 Å². The Morgan fingerprint density at radius 1 is 1.41 bits per heavy atom. The molecule has 0 unspecified atom stereocenters. The summed E-state index contributed by atoms with van der Waals surface area (Å²) >= 11 is 1.41. The second-order valence-corrected chi connectivity index (χ2v) is 5.99. The zero-order valence-corrected chi connectivity index (χ0v) is 13.3. The van der Waals surface area contributed by atoms with Crippen molar-refractivity contribution in [3.8, 4) is 0 Å². The Kier molecular flexibility index (Phi) is 4.39. The van der Waals surface area contributed by atoms with Crippen molar-refractivity contribution >= 4 is 22.6 Å². The van der Waals surface area contributed by atoms with Crippen molar-refractivity contribution in [1.29, 1.82) is 0 Å². The maximum absolute atomic E-state index is 12.5. The first-order valence-corrected chi connectivity index (χ1v) is 8.06. The monoisotopic (exact) mass is 321 g/mol. The molecule has 1 saturated heterocycles. The van der Waals surface area contributed by atoms with Gasteiger partial charge in [0.25, 0.3) is 5.91 Å². The van der Waals surface area contributed by atoms with Gasteiger partial charge in [-0.05, 0) is 19.4 Å². The summed E-state index contributed by atoms with van der Waals surface area (Å²) in [7, 11) is 0. The topological polar surface area (TPSA) is 88.5 Å². The molecule has 22 heavy (non-hydrogen) atoms. The molecule has 118 valence electrons. The van der Waals surface area contributed by atoms with Gasteiger partial charge in [0.2, 0.25) is 5.13 Å². The van der Waals surface area contributed by atoms with Gasteiger partial charge < -0.3 is 20.0 Å². The van der Waals surface area contributed by atoms with E-state index in [0.717, 1.165) is 37.0 Å². The number of hydrogen-bond donors (Lipinski definition) is 1. The predicted molar refractivity (Wildman–Crippen MR) is 84.0 cm³/mol. The molecule has 7 nitrogen and oxygen atoms in total. The van der Waals surface area contributed by atoms with Crippen molar-refractivity contribution in [3.05, 3.63) is 29.5 Å². The van der Waals surface area contributed by atoms with Crippen LogP contribution in [0.2, 0.25) is 0 Å². The normalized spacial score (nSPS) is 15.9. The molecule has 8 heteroatoms. The number of aryl methyl sites for hydroxylation is 1. The molecule has 2 N–H and O–H groups in total. The molecule has 0 atom stereocenters. The van der Waals surface area contributed by atoms with E-state index in [2.05, 4.69) is 14.3 Å². The number of carbonyl (C=O) groups is 1. The van der Waals surface area contributed by atoms with Crippen LogP contribution >= 0.6 is 11.5 Å². The second-order valence-electron chi connectivity index (χ2n) is 5.26. The first-order chi connectivity index (χ1) is 10.7. The van der Waals surface area contributed by atoms with Gasteiger partial charge in [0.15, 0.2) is 0 Å². The summed E-state index contributed by atoms with van der Waals surface area (Å²) in [5.74, 6) is 1.42. The third-order valence-corrected chi connectivity index (χ3v) is 4.54. The van der Waals surface area contributed by atoms with Crippen LogP contribution in [0.3, 0.4) is 0 Å². The molecular weight excluding hydrogens is 302 g/mol. The smallest absolute Gasteiger partial charge is 0.257 e. The van der Waals surface area contributed by atoms with Crippen LogP contribution in [0.4, 0.5) is 5.13 Å². The molecule has 1 aliphatic rings. The molecule has 3 rings (SSSR count). The summed E-state index contributed by atoms with van der Waals surface area (Å²) in [6.07, 6.45) is 2.40. The lowest BCUT2D eigenvalue weighted by molar-refractivity contribution is 0.0766. The number of nitrogens with two attached hydrogens (primary N) is 1. The van der Waals surface area contributed by atoms with Crippen LogP contribution in [0.1, 0.15) is 28.4 Å². The molecular formula is C14H19N5O2S. The fraction of sp³-hybridized carbons (Fsp3) is 0.500. The van der Waals surface area contributed by atoms with Crippen LogP contribution in [-0.2, 0) is 6.54 Å². The van der Waals surface area contributed by atoms with Crippen molar-refractivity contribution in [2.75, 3.05) is 31.1 Å². The molecule has 1 amide bonds. The van der Waals surface area contributed by atoms with E-state index in [-0.39, 0.29) is 5.91 Å². The molecule has 0 aromatic carbocycles. The highest BCUT2D eigenvalue weighted by atomic mass is 32.1. The number of carbonyl (C=O) groups excluding carboxylic acids is 1. The van der Waals surface area contributed by atoms with E-state index in [0.29, 0.717) is 24.4 Å². The molecule has 3 heterocycles. The Balaban J connectivity index is 1.65. The number of anilines is 1. The molecule has 0 radical (unpaired) electrons. The third-order valence-electron chi connectivity index (χ3n) is 3.67. The van der Waals surface area contributed by atoms with Gasteiger partial charge in [0.05, 0.1) is 12.1 Å². The molecule has 0 aliphatic carbocycles. The van der Waals surface area contributed by atoms with Gasteiger partial charge in [0, 0.05) is 37.7 Å². The first-order valence-electron chi connectivity index (χ1n) is 7.29. The lowest BCUT2D eigenvalue weighted by atomic mass is 10.2. The van der Waals surface area contributed by atoms with Gasteiger partial charge in [0.1, 0.15) is 17.8 Å². The van der Waals surface area contributed by atoms with Crippen LogP contribution in [0.25, 0.3) is 0 Å². The highest BCUT2D eigenvalue weighted by molar-refractivity contribution is 7.09. The molecule has 1 fully saturated rings. The van der Waals surface area contributed by atoms with Crippen molar-refractivity contribution < 1.29 is 9.21 Å². The quantitative estimate of drug-likeness (QED) is 0.915. The summed E-state index contributed by atoms with van der Waals surface area (Å²) in [5, 5.41) is 0.931. The summed E-state index contributed by atoms with van der Waals surface area (Å²) in [6.45, 7) is 5.25. The zero-order valence-electron chi connectivity index (χ0n) is 12.5. The second kappa shape index (κ2) is 6.45. The average Bonchev–Trinajstić information content (AvgIpc) is 3.10. The fourth-order valence-corrected chi connectivity index (χ4v) is 3.23. The van der Waals surface area contributed by atoms with E-state index >= 15 is 0 Å². The lowest BCUT2D eigenvalue weighted by Crippen LogP contribution is -2.35. The molecule has 1 aliphatic heterocycles. The molecule has 0 bridgehead atoms. The van der Waals surface area contributed by atoms with Gasteiger partial charge in [-0.2, -0.15) is 4.37 Å². The maximum Gasteiger partial charge on any atom is 0.257 e. The van der Waals surface area contributed by atoms with E-state index in [1.54, 1.807) is 6.07 Å². The van der Waals surface area contributed by atoms with Crippen LogP contribution in [0.5, 0.6) is 0 Å². The third kappa shape index (κ3) is 3.12. The standard InChI is InChI=1S/C14H19N5O2S/c1-10-16-14(22-17-10)19-4-2-3-18(5-6-19)13(20)11-7-12(8-15)21-9-11/h7,9H,2-6,8,15H2,1H3. The van der Waals surface area contributed by atoms with Gasteiger partial charge in [-0.25, -0.2) is 4.98 Å². The fourth-order valence-electron chi connectivity index (χ4n) is 2.51. The van der Waals surface area contributed by atoms with Gasteiger partial charge in [-0.1, -0.05) is 0 Å². The molecule has 2 aromatic rings. The number of hydrogen-bond acceptors (Lipinski definition) is 7. The van der Waals surface area contributed by atoms with Gasteiger partial charge in [-0.3, -0.25) is 4.79 Å². The van der Waals surface area contributed by atoms with E-state index < -0.39 is 0 Å². The Labute approximate surface area is 132 Å². The number of rotatable bonds is 3. The SMILES string of the molecule is Cc1nsc(N2CCCN(C(=O)c3coc(CN)c3)CC2)n1. The van der Waals surface area contributed by atoms with Crippen molar-refractivity contribution in [2.45, 2.75) is 19.9 Å². The van der Waals surface area contributed by atoms with Crippen molar-refractivity contribution in [2.24, 2.45) is 5.73 Å². The van der Waals surface area contributed by atoms with Crippen molar-refractivity contribution in [1.82, 2.24) is 14.3 Å². The van der Waals surface area contributed by atoms with E-state index in [1.165, 1.54) is 17.8 Å². The number of amides is 1. The summed E-state index contributed by atoms with van der Waals surface area (Å²) in [6, 6.07) is 1.72. The Bertz CT molecular complexity index is 653. The number of aromatic nitrogens is 2. The average molecular weight is 321 g/mol. The molecule has 0 spiro atoms. The summed E-state index contributed by atoms with van der Waals surface area (Å²) in [5.41, 5.74) is 6.08. The van der Waals surface area contributed by atoms with Crippen molar-refractivity contribution in [3.63, 3.8) is 0 Å². The minimum atomic E-state index is -0.00116. The minimum Gasteiger partial charge on any atom is -0.467 e. The Morgan fingerprint density at radius 2 is 2.27 bits per heavy atom. The molecule has 0 saturated carbocycles. The summed E-state index contributed by atoms with van der Waals surface area (Å²) < 4.78 is 9.47. The van der Waals surface area contributed by atoms with E-state index in [4.69, 9.17) is 10.2 Å². The predicted octanol–water partition coefficient (Wildman–Crippen LogP) is 1.25. The first kappa shape index (κ1) is 15.0. The number of furan rings is 1. The number of nitrogens with zero attached hydrogens (tertiary/aromatic N) is 4. The van der Waals surface area contributed by atoms with Gasteiger partial charge in [-0.15, -0.1) is 0 Å². The molecule has 2 aromatic heterocycles. The maximum atomic E-state index is 12.5. The largest absolute Gasteiger partial charge is 0.467 e. The highest BCUT2D eigenvalue weighted by Crippen LogP contribution is 2.19. The Morgan fingerprint density at radius 3 is 2.95 bits per heavy atom. The van der Waals surface area contributed by atoms with Crippen LogP contribution in [0.15, 0.2) is 16.7 Å². The van der Waals surface area contributed by atoms with Crippen LogP contribution in [-0.4, -0.2) is 46.3 Å². The summed E-state index contributed by atoms with van der Waals surface area (Å²) in [4.78, 5) is 21.0. The highest BCUT2D eigenvalue weighted by Gasteiger charge is 2.23. The Hall–Kier alpha value is -1.93.